The zero-order valence-corrected chi connectivity index (χ0v) is 19.2. The lowest BCUT2D eigenvalue weighted by Crippen LogP contribution is -2.48. The van der Waals surface area contributed by atoms with E-state index in [1.165, 1.54) is 22.9 Å². The van der Waals surface area contributed by atoms with E-state index in [9.17, 15) is 9.59 Å². The second-order valence-corrected chi connectivity index (χ2v) is 8.57. The minimum atomic E-state index is -0.630. The molecule has 0 radical (unpaired) electrons. The standard InChI is InChI=1S/C22H26Cl2N2O2S/c1-4-25-22(28)16(3)26(12-18-19(23)9-6-10-20(18)24)21(27)14-29-13-17-8-5-7-15(2)11-17/h5-11,16H,4,12-14H2,1-3H3,(H,25,28)/t16-/m0/s1. The van der Waals surface area contributed by atoms with Crippen molar-refractivity contribution in [2.45, 2.75) is 39.1 Å². The number of nitrogens with zero attached hydrogens (tertiary/aromatic N) is 1. The van der Waals surface area contributed by atoms with Crippen LogP contribution in [0.2, 0.25) is 10.0 Å². The van der Waals surface area contributed by atoms with Gasteiger partial charge in [0.2, 0.25) is 11.8 Å². The summed E-state index contributed by atoms with van der Waals surface area (Å²) in [6.45, 7) is 6.29. The maximum Gasteiger partial charge on any atom is 0.242 e. The van der Waals surface area contributed by atoms with Crippen molar-refractivity contribution >= 4 is 46.8 Å². The molecule has 0 heterocycles. The molecule has 2 aromatic rings. The van der Waals surface area contributed by atoms with Crippen LogP contribution in [0.25, 0.3) is 0 Å². The first-order chi connectivity index (χ1) is 13.8. The Labute approximate surface area is 187 Å². The molecule has 0 saturated heterocycles. The molecule has 2 rings (SSSR count). The molecule has 0 unspecified atom stereocenters. The van der Waals surface area contributed by atoms with Gasteiger partial charge in [0.25, 0.3) is 0 Å². The summed E-state index contributed by atoms with van der Waals surface area (Å²) in [5.74, 6) is 0.661. The van der Waals surface area contributed by atoms with Gasteiger partial charge in [-0.25, -0.2) is 0 Å². The Morgan fingerprint density at radius 2 is 1.79 bits per heavy atom. The molecule has 0 saturated carbocycles. The van der Waals surface area contributed by atoms with E-state index in [0.717, 1.165) is 5.75 Å². The van der Waals surface area contributed by atoms with Crippen molar-refractivity contribution < 1.29 is 9.59 Å². The number of likely N-dealkylation sites (N-methyl/N-ethyl adjacent to an activating group) is 1. The molecular weight excluding hydrogens is 427 g/mol. The number of nitrogens with one attached hydrogen (secondary N) is 1. The quantitative estimate of drug-likeness (QED) is 0.576. The molecule has 7 heteroatoms. The largest absolute Gasteiger partial charge is 0.355 e. The van der Waals surface area contributed by atoms with Gasteiger partial charge < -0.3 is 10.2 Å². The number of hydrogen-bond donors (Lipinski definition) is 1. The van der Waals surface area contributed by atoms with Crippen molar-refractivity contribution in [3.05, 3.63) is 69.2 Å². The molecule has 0 aliphatic heterocycles. The number of rotatable bonds is 9. The molecule has 0 aliphatic carbocycles. The van der Waals surface area contributed by atoms with Gasteiger partial charge in [0, 0.05) is 34.5 Å². The number of hydrogen-bond acceptors (Lipinski definition) is 3. The summed E-state index contributed by atoms with van der Waals surface area (Å²) in [7, 11) is 0. The molecule has 0 bridgehead atoms. The summed E-state index contributed by atoms with van der Waals surface area (Å²) in [5.41, 5.74) is 3.00. The van der Waals surface area contributed by atoms with Gasteiger partial charge in [0.15, 0.2) is 0 Å². The van der Waals surface area contributed by atoms with Gasteiger partial charge in [-0.05, 0) is 38.5 Å². The van der Waals surface area contributed by atoms with Gasteiger partial charge >= 0.3 is 0 Å². The van der Waals surface area contributed by atoms with Gasteiger partial charge in [0.05, 0.1) is 5.75 Å². The van der Waals surface area contributed by atoms with Gasteiger partial charge in [-0.2, -0.15) is 0 Å². The van der Waals surface area contributed by atoms with Crippen LogP contribution >= 0.6 is 35.0 Å². The van der Waals surface area contributed by atoms with Crippen LogP contribution in [0, 0.1) is 6.92 Å². The highest BCUT2D eigenvalue weighted by atomic mass is 35.5. The number of benzene rings is 2. The van der Waals surface area contributed by atoms with E-state index in [2.05, 4.69) is 11.4 Å². The highest BCUT2D eigenvalue weighted by molar-refractivity contribution is 7.99. The Kier molecular flexibility index (Phi) is 9.34. The van der Waals surface area contributed by atoms with Gasteiger partial charge in [-0.1, -0.05) is 59.1 Å². The van der Waals surface area contributed by atoms with E-state index in [1.807, 2.05) is 32.0 Å². The summed E-state index contributed by atoms with van der Waals surface area (Å²) in [5, 5.41) is 3.73. The van der Waals surface area contributed by atoms with Crippen molar-refractivity contribution in [3.63, 3.8) is 0 Å². The van der Waals surface area contributed by atoms with Crippen molar-refractivity contribution in [2.75, 3.05) is 12.3 Å². The lowest BCUT2D eigenvalue weighted by atomic mass is 10.1. The number of thioether (sulfide) groups is 1. The SMILES string of the molecule is CCNC(=O)[C@H](C)N(Cc1c(Cl)cccc1Cl)C(=O)CSCc1cccc(C)c1. The lowest BCUT2D eigenvalue weighted by molar-refractivity contribution is -0.138. The predicted molar refractivity (Wildman–Crippen MR) is 122 cm³/mol. The maximum atomic E-state index is 13.0. The topological polar surface area (TPSA) is 49.4 Å². The summed E-state index contributed by atoms with van der Waals surface area (Å²) < 4.78 is 0. The molecule has 0 aromatic heterocycles. The first-order valence-corrected chi connectivity index (χ1v) is 11.4. The first kappa shape index (κ1) is 23.6. The normalized spacial score (nSPS) is 11.8. The Morgan fingerprint density at radius 3 is 2.41 bits per heavy atom. The lowest BCUT2D eigenvalue weighted by Gasteiger charge is -2.29. The molecule has 2 amide bonds. The van der Waals surface area contributed by atoms with Crippen LogP contribution in [0.4, 0.5) is 0 Å². The number of halogens is 2. The van der Waals surface area contributed by atoms with Crippen LogP contribution in [0.15, 0.2) is 42.5 Å². The second-order valence-electron chi connectivity index (χ2n) is 6.77. The third kappa shape index (κ3) is 6.95. The molecule has 0 fully saturated rings. The van der Waals surface area contributed by atoms with E-state index in [4.69, 9.17) is 23.2 Å². The van der Waals surface area contributed by atoms with Gasteiger partial charge in [-0.15, -0.1) is 11.8 Å². The molecule has 156 valence electrons. The molecular formula is C22H26Cl2N2O2S. The van der Waals surface area contributed by atoms with Crippen LogP contribution in [0.1, 0.15) is 30.5 Å². The third-order valence-electron chi connectivity index (χ3n) is 4.49. The number of amides is 2. The summed E-state index contributed by atoms with van der Waals surface area (Å²) in [6.07, 6.45) is 0. The van der Waals surface area contributed by atoms with E-state index in [-0.39, 0.29) is 24.1 Å². The number of carbonyl (C=O) groups excluding carboxylic acids is 2. The van der Waals surface area contributed by atoms with E-state index in [1.54, 1.807) is 30.0 Å². The fraction of sp³-hybridized carbons (Fsp3) is 0.364. The number of aryl methyl sites for hydroxylation is 1. The fourth-order valence-corrected chi connectivity index (χ4v) is 4.27. The Bertz CT molecular complexity index is 840. The monoisotopic (exact) mass is 452 g/mol. The Balaban J connectivity index is 2.12. The van der Waals surface area contributed by atoms with Crippen LogP contribution in [0.5, 0.6) is 0 Å². The first-order valence-electron chi connectivity index (χ1n) is 9.46. The Hall–Kier alpha value is -1.69. The molecule has 0 spiro atoms. The van der Waals surface area contributed by atoms with Crippen molar-refractivity contribution in [3.8, 4) is 0 Å². The molecule has 1 atom stereocenters. The van der Waals surface area contributed by atoms with E-state index in [0.29, 0.717) is 22.2 Å². The fourth-order valence-electron chi connectivity index (χ4n) is 2.90. The third-order valence-corrected chi connectivity index (χ3v) is 6.18. The minimum absolute atomic E-state index is 0.127. The molecule has 2 aromatic carbocycles. The second kappa shape index (κ2) is 11.5. The average molecular weight is 453 g/mol. The highest BCUT2D eigenvalue weighted by Crippen LogP contribution is 2.27. The molecule has 0 aliphatic rings. The number of carbonyl (C=O) groups is 2. The van der Waals surface area contributed by atoms with Crippen molar-refractivity contribution in [2.24, 2.45) is 0 Å². The van der Waals surface area contributed by atoms with Gasteiger partial charge in [-0.3, -0.25) is 9.59 Å². The van der Waals surface area contributed by atoms with Crippen LogP contribution in [0.3, 0.4) is 0 Å². The highest BCUT2D eigenvalue weighted by Gasteiger charge is 2.27. The molecule has 29 heavy (non-hydrogen) atoms. The zero-order chi connectivity index (χ0) is 21.4. The van der Waals surface area contributed by atoms with Crippen molar-refractivity contribution in [1.29, 1.82) is 0 Å². The predicted octanol–water partition coefficient (Wildman–Crippen LogP) is 5.09. The van der Waals surface area contributed by atoms with Crippen LogP contribution in [-0.2, 0) is 21.9 Å². The molecule has 4 nitrogen and oxygen atoms in total. The van der Waals surface area contributed by atoms with Crippen LogP contribution in [-0.4, -0.2) is 35.1 Å². The average Bonchev–Trinajstić information content (AvgIpc) is 2.67. The van der Waals surface area contributed by atoms with Crippen molar-refractivity contribution in [1.82, 2.24) is 10.2 Å². The zero-order valence-electron chi connectivity index (χ0n) is 16.9. The maximum absolute atomic E-state index is 13.0. The summed E-state index contributed by atoms with van der Waals surface area (Å²) in [4.78, 5) is 27.0. The van der Waals surface area contributed by atoms with E-state index < -0.39 is 6.04 Å². The smallest absolute Gasteiger partial charge is 0.242 e. The molecule has 1 N–H and O–H groups in total. The minimum Gasteiger partial charge on any atom is -0.355 e. The Morgan fingerprint density at radius 1 is 1.14 bits per heavy atom. The van der Waals surface area contributed by atoms with E-state index >= 15 is 0 Å². The summed E-state index contributed by atoms with van der Waals surface area (Å²) in [6, 6.07) is 12.8. The van der Waals surface area contributed by atoms with Gasteiger partial charge in [0.1, 0.15) is 6.04 Å². The summed E-state index contributed by atoms with van der Waals surface area (Å²) >= 11 is 14.1. The van der Waals surface area contributed by atoms with Crippen LogP contribution < -0.4 is 5.32 Å².